The lowest BCUT2D eigenvalue weighted by Gasteiger charge is -2.14. The van der Waals surface area contributed by atoms with Crippen molar-refractivity contribution in [2.75, 3.05) is 12.3 Å². The SMILES string of the molecule is Cc1ccc(CSCCNC(=O)[C@@H](C)Oc2ccc(F)cc2)cc1. The third-order valence-corrected chi connectivity index (χ3v) is 4.46. The summed E-state index contributed by atoms with van der Waals surface area (Å²) < 4.78 is 18.3. The van der Waals surface area contributed by atoms with Crippen LogP contribution in [0.1, 0.15) is 18.1 Å². The molecule has 0 spiro atoms. The molecule has 0 saturated carbocycles. The van der Waals surface area contributed by atoms with Gasteiger partial charge in [0.25, 0.3) is 5.91 Å². The highest BCUT2D eigenvalue weighted by atomic mass is 32.2. The van der Waals surface area contributed by atoms with E-state index in [0.717, 1.165) is 11.5 Å². The Balaban J connectivity index is 1.63. The molecule has 128 valence electrons. The quantitative estimate of drug-likeness (QED) is 0.735. The molecule has 0 radical (unpaired) electrons. The monoisotopic (exact) mass is 347 g/mol. The summed E-state index contributed by atoms with van der Waals surface area (Å²) in [6, 6.07) is 14.1. The van der Waals surface area contributed by atoms with Gasteiger partial charge in [-0.05, 0) is 43.7 Å². The van der Waals surface area contributed by atoms with Crippen LogP contribution in [0.15, 0.2) is 48.5 Å². The van der Waals surface area contributed by atoms with Crippen molar-refractivity contribution in [2.24, 2.45) is 0 Å². The normalized spacial score (nSPS) is 11.8. The smallest absolute Gasteiger partial charge is 0.260 e. The summed E-state index contributed by atoms with van der Waals surface area (Å²) in [6.07, 6.45) is -0.613. The number of benzene rings is 2. The Kier molecular flexibility index (Phi) is 7.12. The van der Waals surface area contributed by atoms with Crippen LogP contribution in [0.4, 0.5) is 4.39 Å². The summed E-state index contributed by atoms with van der Waals surface area (Å²) in [5.74, 6) is 1.74. The number of hydrogen-bond donors (Lipinski definition) is 1. The number of carbonyl (C=O) groups excluding carboxylic acids is 1. The molecule has 0 saturated heterocycles. The highest BCUT2D eigenvalue weighted by Crippen LogP contribution is 2.14. The Bertz CT molecular complexity index is 643. The lowest BCUT2D eigenvalue weighted by atomic mass is 10.2. The molecule has 0 unspecified atom stereocenters. The van der Waals surface area contributed by atoms with Gasteiger partial charge >= 0.3 is 0 Å². The molecule has 1 amide bonds. The summed E-state index contributed by atoms with van der Waals surface area (Å²) in [6.45, 7) is 4.34. The first kappa shape index (κ1) is 18.3. The second-order valence-corrected chi connectivity index (χ2v) is 6.65. The van der Waals surface area contributed by atoms with E-state index in [-0.39, 0.29) is 11.7 Å². The van der Waals surface area contributed by atoms with E-state index in [9.17, 15) is 9.18 Å². The van der Waals surface area contributed by atoms with Gasteiger partial charge in [0.15, 0.2) is 6.10 Å². The fourth-order valence-corrected chi connectivity index (χ4v) is 2.85. The standard InChI is InChI=1S/C19H22FNO2S/c1-14-3-5-16(6-4-14)13-24-12-11-21-19(22)15(2)23-18-9-7-17(20)8-10-18/h3-10,15H,11-13H2,1-2H3,(H,21,22)/t15-/m1/s1. The zero-order valence-electron chi connectivity index (χ0n) is 13.9. The van der Waals surface area contributed by atoms with Crippen LogP contribution < -0.4 is 10.1 Å². The molecule has 0 bridgehead atoms. The minimum absolute atomic E-state index is 0.171. The van der Waals surface area contributed by atoms with Crippen molar-refractivity contribution in [1.82, 2.24) is 5.32 Å². The van der Waals surface area contributed by atoms with Gasteiger partial charge in [-0.15, -0.1) is 0 Å². The minimum Gasteiger partial charge on any atom is -0.481 e. The summed E-state index contributed by atoms with van der Waals surface area (Å²) in [4.78, 5) is 12.0. The highest BCUT2D eigenvalue weighted by Gasteiger charge is 2.13. The number of halogens is 1. The van der Waals surface area contributed by atoms with Crippen molar-refractivity contribution in [3.8, 4) is 5.75 Å². The first-order valence-corrected chi connectivity index (χ1v) is 9.03. The average molecular weight is 347 g/mol. The van der Waals surface area contributed by atoms with Crippen LogP contribution >= 0.6 is 11.8 Å². The third-order valence-electron chi connectivity index (χ3n) is 3.43. The predicted molar refractivity (Wildman–Crippen MR) is 96.8 cm³/mol. The van der Waals surface area contributed by atoms with Crippen LogP contribution in [0.2, 0.25) is 0 Å². The molecule has 0 aliphatic heterocycles. The van der Waals surface area contributed by atoms with Crippen molar-refractivity contribution < 1.29 is 13.9 Å². The molecule has 5 heteroatoms. The van der Waals surface area contributed by atoms with Crippen molar-refractivity contribution in [1.29, 1.82) is 0 Å². The zero-order valence-corrected chi connectivity index (χ0v) is 14.7. The summed E-state index contributed by atoms with van der Waals surface area (Å²) in [5, 5.41) is 2.85. The van der Waals surface area contributed by atoms with Crippen LogP contribution in [-0.4, -0.2) is 24.3 Å². The van der Waals surface area contributed by atoms with E-state index in [2.05, 4.69) is 36.5 Å². The number of rotatable bonds is 8. The van der Waals surface area contributed by atoms with Crippen LogP contribution in [0.3, 0.4) is 0 Å². The van der Waals surface area contributed by atoms with Crippen molar-refractivity contribution >= 4 is 17.7 Å². The van der Waals surface area contributed by atoms with E-state index >= 15 is 0 Å². The van der Waals surface area contributed by atoms with Crippen molar-refractivity contribution in [2.45, 2.75) is 25.7 Å². The topological polar surface area (TPSA) is 38.3 Å². The average Bonchev–Trinajstić information content (AvgIpc) is 2.58. The molecule has 0 aromatic heterocycles. The maximum atomic E-state index is 12.8. The van der Waals surface area contributed by atoms with E-state index in [4.69, 9.17) is 4.74 Å². The molecule has 3 nitrogen and oxygen atoms in total. The largest absolute Gasteiger partial charge is 0.481 e. The Morgan fingerprint density at radius 3 is 2.50 bits per heavy atom. The van der Waals surface area contributed by atoms with Gasteiger partial charge in [-0.2, -0.15) is 11.8 Å². The molecule has 2 rings (SSSR count). The number of ether oxygens (including phenoxy) is 1. The van der Waals surface area contributed by atoms with Gasteiger partial charge in [0, 0.05) is 18.1 Å². The Morgan fingerprint density at radius 1 is 1.17 bits per heavy atom. The Hall–Kier alpha value is -2.01. The van der Waals surface area contributed by atoms with Crippen LogP contribution in [0.25, 0.3) is 0 Å². The molecule has 1 N–H and O–H groups in total. The second kappa shape index (κ2) is 9.33. The maximum Gasteiger partial charge on any atom is 0.260 e. The van der Waals surface area contributed by atoms with E-state index < -0.39 is 6.10 Å². The molecular weight excluding hydrogens is 325 g/mol. The minimum atomic E-state index is -0.613. The molecule has 2 aromatic carbocycles. The van der Waals surface area contributed by atoms with E-state index in [1.54, 1.807) is 18.7 Å². The van der Waals surface area contributed by atoms with E-state index in [1.165, 1.54) is 35.4 Å². The molecule has 2 aromatic rings. The summed E-state index contributed by atoms with van der Waals surface area (Å²) in [7, 11) is 0. The number of thioether (sulfide) groups is 1. The van der Waals surface area contributed by atoms with Crippen LogP contribution in [0, 0.1) is 12.7 Å². The number of aryl methyl sites for hydroxylation is 1. The summed E-state index contributed by atoms with van der Waals surface area (Å²) >= 11 is 1.77. The van der Waals surface area contributed by atoms with Gasteiger partial charge in [0.05, 0.1) is 0 Å². The second-order valence-electron chi connectivity index (χ2n) is 5.54. The van der Waals surface area contributed by atoms with Crippen LogP contribution in [-0.2, 0) is 10.5 Å². The van der Waals surface area contributed by atoms with Gasteiger partial charge in [-0.1, -0.05) is 29.8 Å². The third kappa shape index (κ3) is 6.24. The molecule has 24 heavy (non-hydrogen) atoms. The fourth-order valence-electron chi connectivity index (χ4n) is 2.04. The first-order chi connectivity index (χ1) is 11.5. The maximum absolute atomic E-state index is 12.8. The van der Waals surface area contributed by atoms with Gasteiger partial charge < -0.3 is 10.1 Å². The van der Waals surface area contributed by atoms with E-state index in [1.807, 2.05) is 0 Å². The molecular formula is C19H22FNO2S. The molecule has 1 atom stereocenters. The van der Waals surface area contributed by atoms with Gasteiger partial charge in [-0.3, -0.25) is 4.79 Å². The van der Waals surface area contributed by atoms with Crippen molar-refractivity contribution in [3.05, 3.63) is 65.5 Å². The van der Waals surface area contributed by atoms with Gasteiger partial charge in [-0.25, -0.2) is 4.39 Å². The number of hydrogen-bond acceptors (Lipinski definition) is 3. The lowest BCUT2D eigenvalue weighted by Crippen LogP contribution is -2.37. The number of amides is 1. The molecule has 0 fully saturated rings. The van der Waals surface area contributed by atoms with Crippen molar-refractivity contribution in [3.63, 3.8) is 0 Å². The van der Waals surface area contributed by atoms with Crippen LogP contribution in [0.5, 0.6) is 5.75 Å². The number of carbonyl (C=O) groups is 1. The Labute approximate surface area is 146 Å². The predicted octanol–water partition coefficient (Wildman–Crippen LogP) is 3.95. The molecule has 0 heterocycles. The van der Waals surface area contributed by atoms with Gasteiger partial charge in [0.1, 0.15) is 11.6 Å². The zero-order chi connectivity index (χ0) is 17.4. The van der Waals surface area contributed by atoms with Gasteiger partial charge in [0.2, 0.25) is 0 Å². The number of nitrogens with one attached hydrogen (secondary N) is 1. The lowest BCUT2D eigenvalue weighted by molar-refractivity contribution is -0.127. The van der Waals surface area contributed by atoms with E-state index in [0.29, 0.717) is 12.3 Å². The highest BCUT2D eigenvalue weighted by molar-refractivity contribution is 7.98. The first-order valence-electron chi connectivity index (χ1n) is 7.88. The fraction of sp³-hybridized carbons (Fsp3) is 0.316. The molecule has 0 aliphatic rings. The molecule has 0 aliphatic carbocycles. The Morgan fingerprint density at radius 2 is 1.83 bits per heavy atom. The summed E-state index contributed by atoms with van der Waals surface area (Å²) in [5.41, 5.74) is 2.54.